The molecule has 0 bridgehead atoms. The van der Waals surface area contributed by atoms with Crippen molar-refractivity contribution in [1.82, 2.24) is 15.1 Å². The second-order valence-corrected chi connectivity index (χ2v) is 7.34. The average Bonchev–Trinajstić information content (AvgIpc) is 3.21. The third-order valence-electron chi connectivity index (χ3n) is 5.57. The molecule has 1 saturated heterocycles. The van der Waals surface area contributed by atoms with Crippen LogP contribution in [0.2, 0.25) is 0 Å². The molecule has 0 aliphatic carbocycles. The quantitative estimate of drug-likeness (QED) is 0.656. The number of rotatable bonds is 6. The summed E-state index contributed by atoms with van der Waals surface area (Å²) in [6, 6.07) is 15.2. The zero-order valence-electron chi connectivity index (χ0n) is 17.2. The predicted octanol–water partition coefficient (Wildman–Crippen LogP) is 3.12. The van der Waals surface area contributed by atoms with Gasteiger partial charge in [0.05, 0.1) is 36.9 Å². The topological polar surface area (TPSA) is 91.4 Å². The number of aromatic nitrogens is 2. The first kappa shape index (κ1) is 20.0. The van der Waals surface area contributed by atoms with Gasteiger partial charge in [-0.2, -0.15) is 5.10 Å². The molecule has 7 heteroatoms. The molecule has 3 N–H and O–H groups in total. The van der Waals surface area contributed by atoms with Crippen LogP contribution in [0.4, 0.5) is 0 Å². The van der Waals surface area contributed by atoms with Gasteiger partial charge in [0.15, 0.2) is 0 Å². The van der Waals surface area contributed by atoms with Gasteiger partial charge < -0.3 is 20.5 Å². The van der Waals surface area contributed by atoms with E-state index in [1.165, 1.54) is 0 Å². The summed E-state index contributed by atoms with van der Waals surface area (Å²) >= 11 is 0. The summed E-state index contributed by atoms with van der Waals surface area (Å²) in [6.45, 7) is 1.80. The Morgan fingerprint density at radius 1 is 1.00 bits per heavy atom. The van der Waals surface area contributed by atoms with E-state index in [1.54, 1.807) is 14.2 Å². The summed E-state index contributed by atoms with van der Waals surface area (Å²) in [4.78, 5) is 12.6. The van der Waals surface area contributed by atoms with Crippen molar-refractivity contribution in [1.29, 1.82) is 0 Å². The maximum atomic E-state index is 12.6. The van der Waals surface area contributed by atoms with Crippen molar-refractivity contribution < 1.29 is 14.3 Å². The molecular formula is C23H26N4O3. The number of piperidine rings is 1. The number of primary amides is 1. The van der Waals surface area contributed by atoms with E-state index in [2.05, 4.69) is 5.32 Å². The second kappa shape index (κ2) is 8.59. The highest BCUT2D eigenvalue weighted by molar-refractivity contribution is 6.00. The highest BCUT2D eigenvalue weighted by Gasteiger charge is 2.29. The van der Waals surface area contributed by atoms with Crippen molar-refractivity contribution >= 4 is 5.91 Å². The van der Waals surface area contributed by atoms with Crippen LogP contribution in [-0.2, 0) is 0 Å². The molecule has 2 heterocycles. The molecule has 0 unspecified atom stereocenters. The number of nitrogens with zero attached hydrogens (tertiary/aromatic N) is 2. The van der Waals surface area contributed by atoms with Crippen LogP contribution in [0.1, 0.15) is 34.8 Å². The van der Waals surface area contributed by atoms with Crippen molar-refractivity contribution in [3.05, 3.63) is 59.8 Å². The van der Waals surface area contributed by atoms with Gasteiger partial charge in [-0.05, 0) is 74.5 Å². The second-order valence-electron chi connectivity index (χ2n) is 7.34. The number of nitrogens with one attached hydrogen (secondary N) is 1. The SMILES string of the molecule is COc1ccc(-c2c(C(N)=O)c(C3CCNCC3)nn2-c2ccc(OC)cc2)cc1. The summed E-state index contributed by atoms with van der Waals surface area (Å²) in [5.74, 6) is 1.22. The summed E-state index contributed by atoms with van der Waals surface area (Å²) in [6.07, 6.45) is 1.84. The van der Waals surface area contributed by atoms with Crippen LogP contribution in [0.25, 0.3) is 16.9 Å². The zero-order chi connectivity index (χ0) is 21.1. The van der Waals surface area contributed by atoms with E-state index >= 15 is 0 Å². The summed E-state index contributed by atoms with van der Waals surface area (Å²) in [5, 5.41) is 8.28. The van der Waals surface area contributed by atoms with Gasteiger partial charge in [0.25, 0.3) is 5.91 Å². The average molecular weight is 406 g/mol. The lowest BCUT2D eigenvalue weighted by atomic mass is 9.90. The van der Waals surface area contributed by atoms with Gasteiger partial charge in [0.2, 0.25) is 0 Å². The Labute approximate surface area is 175 Å². The van der Waals surface area contributed by atoms with Crippen molar-refractivity contribution in [2.24, 2.45) is 5.73 Å². The molecule has 1 aromatic heterocycles. The van der Waals surface area contributed by atoms with E-state index in [0.29, 0.717) is 11.3 Å². The van der Waals surface area contributed by atoms with Crippen molar-refractivity contribution in [3.63, 3.8) is 0 Å². The fraction of sp³-hybridized carbons (Fsp3) is 0.304. The fourth-order valence-electron chi connectivity index (χ4n) is 3.98. The van der Waals surface area contributed by atoms with Gasteiger partial charge in [0.1, 0.15) is 11.5 Å². The van der Waals surface area contributed by atoms with Crippen molar-refractivity contribution in [2.45, 2.75) is 18.8 Å². The van der Waals surface area contributed by atoms with Crippen LogP contribution in [0, 0.1) is 0 Å². The lowest BCUT2D eigenvalue weighted by Gasteiger charge is -2.21. The molecule has 0 spiro atoms. The summed E-state index contributed by atoms with van der Waals surface area (Å²) in [7, 11) is 3.26. The van der Waals surface area contributed by atoms with Crippen molar-refractivity contribution in [2.75, 3.05) is 27.3 Å². The van der Waals surface area contributed by atoms with Gasteiger partial charge in [-0.25, -0.2) is 4.68 Å². The Kier molecular flexibility index (Phi) is 5.72. The van der Waals surface area contributed by atoms with E-state index in [1.807, 2.05) is 53.2 Å². The Morgan fingerprint density at radius 2 is 1.57 bits per heavy atom. The molecule has 0 saturated carbocycles. The normalized spacial score (nSPS) is 14.5. The van der Waals surface area contributed by atoms with E-state index in [-0.39, 0.29) is 5.92 Å². The minimum Gasteiger partial charge on any atom is -0.497 e. The first-order chi connectivity index (χ1) is 14.6. The number of benzene rings is 2. The van der Waals surface area contributed by atoms with Crippen LogP contribution in [0.15, 0.2) is 48.5 Å². The number of amides is 1. The van der Waals surface area contributed by atoms with E-state index < -0.39 is 5.91 Å². The van der Waals surface area contributed by atoms with E-state index in [0.717, 1.165) is 54.4 Å². The summed E-state index contributed by atoms with van der Waals surface area (Å²) < 4.78 is 12.4. The first-order valence-electron chi connectivity index (χ1n) is 10.0. The van der Waals surface area contributed by atoms with Gasteiger partial charge in [0, 0.05) is 11.5 Å². The standard InChI is InChI=1S/C23H26N4O3/c1-29-18-7-3-16(4-8-18)22-20(23(24)28)21(15-11-13-25-14-12-15)26-27(22)17-5-9-19(30-2)10-6-17/h3-10,15,25H,11-14H2,1-2H3,(H2,24,28). The predicted molar refractivity (Wildman–Crippen MR) is 115 cm³/mol. The van der Waals surface area contributed by atoms with Crippen molar-refractivity contribution in [3.8, 4) is 28.4 Å². The number of methoxy groups -OCH3 is 2. The molecule has 0 atom stereocenters. The van der Waals surface area contributed by atoms with Crippen LogP contribution in [0.5, 0.6) is 11.5 Å². The number of ether oxygens (including phenoxy) is 2. The molecule has 4 rings (SSSR count). The van der Waals surface area contributed by atoms with Crippen LogP contribution in [-0.4, -0.2) is 43.0 Å². The third kappa shape index (κ3) is 3.76. The molecule has 0 radical (unpaired) electrons. The monoisotopic (exact) mass is 406 g/mol. The number of nitrogens with two attached hydrogens (primary N) is 1. The van der Waals surface area contributed by atoms with Gasteiger partial charge in [-0.15, -0.1) is 0 Å². The lowest BCUT2D eigenvalue weighted by molar-refractivity contribution is 0.0999. The van der Waals surface area contributed by atoms with Crippen LogP contribution < -0.4 is 20.5 Å². The van der Waals surface area contributed by atoms with E-state index in [9.17, 15) is 4.79 Å². The molecule has 2 aromatic carbocycles. The molecular weight excluding hydrogens is 380 g/mol. The Morgan fingerprint density at radius 3 is 2.10 bits per heavy atom. The zero-order valence-corrected chi connectivity index (χ0v) is 17.2. The smallest absolute Gasteiger partial charge is 0.252 e. The molecule has 7 nitrogen and oxygen atoms in total. The Bertz CT molecular complexity index is 1020. The molecule has 3 aromatic rings. The maximum Gasteiger partial charge on any atom is 0.252 e. The maximum absolute atomic E-state index is 12.6. The minimum absolute atomic E-state index is 0.185. The largest absolute Gasteiger partial charge is 0.497 e. The molecule has 1 aliphatic rings. The molecule has 30 heavy (non-hydrogen) atoms. The Balaban J connectivity index is 1.92. The third-order valence-corrected chi connectivity index (χ3v) is 5.57. The molecule has 1 fully saturated rings. The first-order valence-corrected chi connectivity index (χ1v) is 10.0. The van der Waals surface area contributed by atoms with E-state index in [4.69, 9.17) is 20.3 Å². The lowest BCUT2D eigenvalue weighted by Crippen LogP contribution is -2.28. The van der Waals surface area contributed by atoms with Crippen LogP contribution >= 0.6 is 0 Å². The highest BCUT2D eigenvalue weighted by Crippen LogP contribution is 2.36. The molecule has 1 aliphatic heterocycles. The Hall–Kier alpha value is -3.32. The fourth-order valence-corrected chi connectivity index (χ4v) is 3.98. The van der Waals surface area contributed by atoms with Gasteiger partial charge >= 0.3 is 0 Å². The number of carbonyl (C=O) groups is 1. The minimum atomic E-state index is -0.464. The number of hydrogen-bond donors (Lipinski definition) is 2. The molecule has 1 amide bonds. The van der Waals surface area contributed by atoms with Crippen LogP contribution in [0.3, 0.4) is 0 Å². The number of hydrogen-bond acceptors (Lipinski definition) is 5. The van der Waals surface area contributed by atoms with Gasteiger partial charge in [-0.1, -0.05) is 0 Å². The van der Waals surface area contributed by atoms with Gasteiger partial charge in [-0.3, -0.25) is 4.79 Å². The summed E-state index contributed by atoms with van der Waals surface area (Å²) in [5.41, 5.74) is 9.55. The highest BCUT2D eigenvalue weighted by atomic mass is 16.5. The number of carbonyl (C=O) groups excluding carboxylic acids is 1. The molecule has 156 valence electrons.